The molecule has 0 saturated heterocycles. The summed E-state index contributed by atoms with van der Waals surface area (Å²) in [5.41, 5.74) is -0.814. The van der Waals surface area contributed by atoms with Gasteiger partial charge in [0.25, 0.3) is 5.91 Å². The van der Waals surface area contributed by atoms with Gasteiger partial charge in [0.1, 0.15) is 10.8 Å². The molecule has 4 nitrogen and oxygen atoms in total. The van der Waals surface area contributed by atoms with Gasteiger partial charge in [0.2, 0.25) is 5.88 Å². The Morgan fingerprint density at radius 1 is 0.964 bits per heavy atom. The van der Waals surface area contributed by atoms with Crippen molar-refractivity contribution in [1.82, 2.24) is 4.98 Å². The van der Waals surface area contributed by atoms with Crippen molar-refractivity contribution in [1.29, 1.82) is 0 Å². The fraction of sp³-hybridized carbons (Fsp3) is 0. The Morgan fingerprint density at radius 2 is 1.64 bits per heavy atom. The average Bonchev–Trinajstić information content (AvgIpc) is 2.66. The number of hydrogen-bond donors (Lipinski definition) is 1. The number of nitrogens with zero attached hydrogens (tertiary/aromatic N) is 1. The van der Waals surface area contributed by atoms with Crippen LogP contribution in [0.2, 0.25) is 10.0 Å². The number of ether oxygens (including phenoxy) is 1. The van der Waals surface area contributed by atoms with E-state index in [2.05, 4.69) is 10.3 Å². The molecule has 3 rings (SSSR count). The van der Waals surface area contributed by atoms with Gasteiger partial charge in [0.05, 0.1) is 10.6 Å². The number of halogens is 6. The Kier molecular flexibility index (Phi) is 5.71. The van der Waals surface area contributed by atoms with Crippen LogP contribution in [0.15, 0.2) is 42.6 Å². The molecule has 0 aliphatic rings. The molecule has 2 aromatic carbocycles. The maximum atomic E-state index is 13.7. The van der Waals surface area contributed by atoms with Crippen LogP contribution in [0.1, 0.15) is 10.4 Å². The number of aromatic nitrogens is 1. The third-order valence-electron chi connectivity index (χ3n) is 3.45. The largest absolute Gasteiger partial charge is 0.438 e. The van der Waals surface area contributed by atoms with Crippen LogP contribution in [0.25, 0.3) is 0 Å². The predicted molar refractivity (Wildman–Crippen MR) is 95.0 cm³/mol. The Balaban J connectivity index is 1.75. The first-order valence-electron chi connectivity index (χ1n) is 7.49. The molecule has 0 aliphatic carbocycles. The molecule has 28 heavy (non-hydrogen) atoms. The van der Waals surface area contributed by atoms with Crippen molar-refractivity contribution in [2.24, 2.45) is 0 Å². The van der Waals surface area contributed by atoms with Crippen LogP contribution in [-0.2, 0) is 0 Å². The van der Waals surface area contributed by atoms with E-state index in [1.54, 1.807) is 0 Å². The molecule has 1 N–H and O–H groups in total. The highest BCUT2D eigenvalue weighted by Crippen LogP contribution is 2.29. The van der Waals surface area contributed by atoms with Gasteiger partial charge in [0, 0.05) is 11.9 Å². The van der Waals surface area contributed by atoms with Crippen LogP contribution >= 0.6 is 23.2 Å². The number of rotatable bonds is 4. The van der Waals surface area contributed by atoms with Gasteiger partial charge in [-0.2, -0.15) is 0 Å². The lowest BCUT2D eigenvalue weighted by Gasteiger charge is -2.09. The predicted octanol–water partition coefficient (Wildman–Crippen LogP) is 5.99. The quantitative estimate of drug-likeness (QED) is 0.314. The molecule has 0 aliphatic heterocycles. The van der Waals surface area contributed by atoms with Crippen molar-refractivity contribution < 1.29 is 27.1 Å². The minimum absolute atomic E-state index is 0.0992. The average molecular weight is 431 g/mol. The molecule has 10 heteroatoms. The highest BCUT2D eigenvalue weighted by Gasteiger charge is 2.23. The second-order valence-corrected chi connectivity index (χ2v) is 6.21. The van der Waals surface area contributed by atoms with Crippen LogP contribution in [0.3, 0.4) is 0 Å². The topological polar surface area (TPSA) is 51.2 Å². The van der Waals surface area contributed by atoms with Gasteiger partial charge in [-0.25, -0.2) is 22.5 Å². The number of carbonyl (C=O) groups is 1. The Labute approximate surface area is 165 Å². The van der Waals surface area contributed by atoms with Gasteiger partial charge in [-0.1, -0.05) is 23.2 Å². The highest BCUT2D eigenvalue weighted by molar-refractivity contribution is 6.35. The zero-order valence-electron chi connectivity index (χ0n) is 13.6. The summed E-state index contributed by atoms with van der Waals surface area (Å²) in [6.07, 6.45) is 1.34. The second-order valence-electron chi connectivity index (χ2n) is 5.37. The standard InChI is InChI=1S/C18H8Cl2F4N2O2/c19-8-5-12(20)18(25-7-8)28-10-3-1-9(2-4-10)26-17(27)11-6-13(21)15(23)16(24)14(11)22/h1-7H,(H,26,27). The van der Waals surface area contributed by atoms with E-state index >= 15 is 0 Å². The van der Waals surface area contributed by atoms with E-state index < -0.39 is 34.7 Å². The van der Waals surface area contributed by atoms with Crippen LogP contribution in [0.5, 0.6) is 11.6 Å². The summed E-state index contributed by atoms with van der Waals surface area (Å²) in [4.78, 5) is 15.9. The molecule has 1 amide bonds. The highest BCUT2D eigenvalue weighted by atomic mass is 35.5. The SMILES string of the molecule is O=C(Nc1ccc(Oc2ncc(Cl)cc2Cl)cc1)c1cc(F)c(F)c(F)c1F. The van der Waals surface area contributed by atoms with Crippen LogP contribution in [-0.4, -0.2) is 10.9 Å². The normalized spacial score (nSPS) is 10.6. The van der Waals surface area contributed by atoms with E-state index in [0.29, 0.717) is 10.8 Å². The molecule has 1 aromatic heterocycles. The zero-order chi connectivity index (χ0) is 20.4. The van der Waals surface area contributed by atoms with Crippen molar-refractivity contribution in [3.8, 4) is 11.6 Å². The number of anilines is 1. The van der Waals surface area contributed by atoms with Gasteiger partial charge in [0.15, 0.2) is 23.3 Å². The molecule has 0 radical (unpaired) electrons. The molecule has 1 heterocycles. The molecule has 3 aromatic rings. The molecule has 0 unspecified atom stereocenters. The lowest BCUT2D eigenvalue weighted by Crippen LogP contribution is -2.16. The van der Waals surface area contributed by atoms with Gasteiger partial charge >= 0.3 is 0 Å². The number of hydrogen-bond acceptors (Lipinski definition) is 3. The molecule has 0 spiro atoms. The first kappa shape index (κ1) is 19.9. The Bertz CT molecular complexity index is 1060. The van der Waals surface area contributed by atoms with E-state index in [1.807, 2.05) is 0 Å². The molecule has 0 bridgehead atoms. The molecular weight excluding hydrogens is 423 g/mol. The van der Waals surface area contributed by atoms with Crippen LogP contribution < -0.4 is 10.1 Å². The summed E-state index contributed by atoms with van der Waals surface area (Å²) < 4.78 is 58.6. The van der Waals surface area contributed by atoms with Crippen molar-refractivity contribution in [2.75, 3.05) is 5.32 Å². The van der Waals surface area contributed by atoms with Crippen molar-refractivity contribution in [2.45, 2.75) is 0 Å². The van der Waals surface area contributed by atoms with E-state index in [-0.39, 0.29) is 22.7 Å². The monoisotopic (exact) mass is 430 g/mol. The fourth-order valence-corrected chi connectivity index (χ4v) is 2.55. The van der Waals surface area contributed by atoms with Crippen LogP contribution in [0.4, 0.5) is 23.2 Å². The van der Waals surface area contributed by atoms with E-state index in [0.717, 1.165) is 0 Å². The van der Waals surface area contributed by atoms with Gasteiger partial charge in [-0.05, 0) is 36.4 Å². The maximum Gasteiger partial charge on any atom is 0.258 e. The van der Waals surface area contributed by atoms with E-state index in [9.17, 15) is 22.4 Å². The first-order valence-corrected chi connectivity index (χ1v) is 8.25. The van der Waals surface area contributed by atoms with Crippen molar-refractivity contribution in [3.05, 3.63) is 81.5 Å². The molecule has 0 atom stereocenters. The lowest BCUT2D eigenvalue weighted by atomic mass is 10.1. The zero-order valence-corrected chi connectivity index (χ0v) is 15.1. The summed E-state index contributed by atoms with van der Waals surface area (Å²) in [6.45, 7) is 0. The van der Waals surface area contributed by atoms with E-state index in [1.165, 1.54) is 36.5 Å². The first-order chi connectivity index (χ1) is 13.3. The van der Waals surface area contributed by atoms with E-state index in [4.69, 9.17) is 27.9 Å². The summed E-state index contributed by atoms with van der Waals surface area (Å²) in [5.74, 6) is -8.29. The third kappa shape index (κ3) is 4.18. The molecular formula is C18H8Cl2F4N2O2. The minimum Gasteiger partial charge on any atom is -0.438 e. The number of amides is 1. The summed E-state index contributed by atoms with van der Waals surface area (Å²) in [7, 11) is 0. The summed E-state index contributed by atoms with van der Waals surface area (Å²) >= 11 is 11.7. The third-order valence-corrected chi connectivity index (χ3v) is 3.93. The van der Waals surface area contributed by atoms with Gasteiger partial charge in [-0.15, -0.1) is 0 Å². The summed E-state index contributed by atoms with van der Waals surface area (Å²) in [6, 6.07) is 7.34. The maximum absolute atomic E-state index is 13.7. The van der Waals surface area contributed by atoms with Crippen molar-refractivity contribution in [3.63, 3.8) is 0 Å². The molecule has 0 fully saturated rings. The van der Waals surface area contributed by atoms with Crippen molar-refractivity contribution >= 4 is 34.8 Å². The number of benzene rings is 2. The van der Waals surface area contributed by atoms with Crippen LogP contribution in [0, 0.1) is 23.3 Å². The summed E-state index contributed by atoms with van der Waals surface area (Å²) in [5, 5.41) is 2.74. The number of pyridine rings is 1. The Morgan fingerprint density at radius 3 is 2.29 bits per heavy atom. The second kappa shape index (κ2) is 8.04. The lowest BCUT2D eigenvalue weighted by molar-refractivity contribution is 0.102. The van der Waals surface area contributed by atoms with Gasteiger partial charge in [-0.3, -0.25) is 4.79 Å². The molecule has 0 saturated carbocycles. The van der Waals surface area contributed by atoms with Gasteiger partial charge < -0.3 is 10.1 Å². The number of carbonyl (C=O) groups excluding carboxylic acids is 1. The molecule has 144 valence electrons. The fourth-order valence-electron chi connectivity index (χ4n) is 2.13. The number of nitrogens with one attached hydrogen (secondary N) is 1. The minimum atomic E-state index is -2.07. The smallest absolute Gasteiger partial charge is 0.258 e. The Hall–Kier alpha value is -2.84.